The van der Waals surface area contributed by atoms with Gasteiger partial charge in [-0.3, -0.25) is 19.4 Å². The smallest absolute Gasteiger partial charge is 0.298 e. The molecule has 0 unspecified atom stereocenters. The van der Waals surface area contributed by atoms with Gasteiger partial charge in [0.05, 0.1) is 28.3 Å². The molecule has 0 fully saturated rings. The first-order valence-electron chi connectivity index (χ1n) is 7.52. The van der Waals surface area contributed by atoms with Crippen molar-refractivity contribution in [3.8, 4) is 11.3 Å². The van der Waals surface area contributed by atoms with Crippen LogP contribution in [0.3, 0.4) is 0 Å². The van der Waals surface area contributed by atoms with E-state index in [1.165, 1.54) is 18.3 Å². The molecule has 26 heavy (non-hydrogen) atoms. The highest BCUT2D eigenvalue weighted by Gasteiger charge is 2.30. The molecule has 9 heteroatoms. The van der Waals surface area contributed by atoms with Gasteiger partial charge in [0.2, 0.25) is 0 Å². The number of nitrogens with one attached hydrogen (secondary N) is 1. The molecule has 5 nitrogen and oxygen atoms in total. The molecule has 4 aromatic rings. The molecule has 0 amide bonds. The van der Waals surface area contributed by atoms with Crippen molar-refractivity contribution in [3.63, 3.8) is 0 Å². The van der Waals surface area contributed by atoms with Crippen molar-refractivity contribution in [1.82, 2.24) is 19.7 Å². The Morgan fingerprint density at radius 3 is 2.65 bits per heavy atom. The summed E-state index contributed by atoms with van der Waals surface area (Å²) in [6.07, 6.45) is -2.04. The van der Waals surface area contributed by atoms with Gasteiger partial charge in [0.25, 0.3) is 5.56 Å². The molecule has 0 aliphatic heterocycles. The molecular weight excluding hydrogens is 352 g/mol. The summed E-state index contributed by atoms with van der Waals surface area (Å²) >= 11 is 0. The molecular formula is C17H10F4N4O. The highest BCUT2D eigenvalue weighted by molar-refractivity contribution is 6.04. The van der Waals surface area contributed by atoms with Crippen molar-refractivity contribution in [2.45, 2.75) is 12.7 Å². The molecule has 0 spiro atoms. The van der Waals surface area contributed by atoms with E-state index in [1.54, 1.807) is 12.1 Å². The fourth-order valence-corrected chi connectivity index (χ4v) is 2.95. The zero-order valence-electron chi connectivity index (χ0n) is 13.0. The van der Waals surface area contributed by atoms with Gasteiger partial charge in [-0.2, -0.15) is 18.3 Å². The number of aromatic amines is 1. The number of rotatable bonds is 2. The minimum atomic E-state index is -4.62. The molecule has 4 rings (SSSR count). The van der Waals surface area contributed by atoms with E-state index in [9.17, 15) is 22.4 Å². The van der Waals surface area contributed by atoms with Gasteiger partial charge < -0.3 is 0 Å². The Morgan fingerprint density at radius 2 is 1.96 bits per heavy atom. The summed E-state index contributed by atoms with van der Waals surface area (Å²) in [7, 11) is 0. The van der Waals surface area contributed by atoms with E-state index in [2.05, 4.69) is 15.2 Å². The molecule has 0 aliphatic carbocycles. The van der Waals surface area contributed by atoms with Crippen LogP contribution < -0.4 is 5.56 Å². The summed E-state index contributed by atoms with van der Waals surface area (Å²) < 4.78 is 54.2. The van der Waals surface area contributed by atoms with E-state index >= 15 is 0 Å². The van der Waals surface area contributed by atoms with Gasteiger partial charge >= 0.3 is 6.18 Å². The average Bonchev–Trinajstić information content (AvgIpc) is 3.08. The lowest BCUT2D eigenvalue weighted by molar-refractivity contribution is -0.140. The number of fused-ring (bicyclic) bond motifs is 3. The Kier molecular flexibility index (Phi) is 3.53. The normalized spacial score (nSPS) is 12.2. The molecule has 0 saturated heterocycles. The van der Waals surface area contributed by atoms with E-state index in [0.29, 0.717) is 4.57 Å². The van der Waals surface area contributed by atoms with Gasteiger partial charge in [0.1, 0.15) is 12.4 Å². The average molecular weight is 362 g/mol. The zero-order valence-corrected chi connectivity index (χ0v) is 13.0. The van der Waals surface area contributed by atoms with Crippen LogP contribution in [0.5, 0.6) is 0 Å². The SMILES string of the molecule is O=c1c2cn[nH]c2c2cc(F)c(-c3ccccn3)cc2n1CC(F)(F)F. The molecule has 0 atom stereocenters. The van der Waals surface area contributed by atoms with Crippen molar-refractivity contribution >= 4 is 21.8 Å². The van der Waals surface area contributed by atoms with Crippen LogP contribution >= 0.6 is 0 Å². The quantitative estimate of drug-likeness (QED) is 0.554. The number of alkyl halides is 3. The lowest BCUT2D eigenvalue weighted by Gasteiger charge is -2.15. The first kappa shape index (κ1) is 16.2. The van der Waals surface area contributed by atoms with Crippen LogP contribution in [0.2, 0.25) is 0 Å². The molecule has 3 heterocycles. The summed E-state index contributed by atoms with van der Waals surface area (Å²) in [6, 6.07) is 7.10. The lowest BCUT2D eigenvalue weighted by atomic mass is 10.1. The summed E-state index contributed by atoms with van der Waals surface area (Å²) in [5.74, 6) is -0.663. The Morgan fingerprint density at radius 1 is 1.15 bits per heavy atom. The number of halogens is 4. The molecule has 0 radical (unpaired) electrons. The van der Waals surface area contributed by atoms with E-state index in [-0.39, 0.29) is 33.1 Å². The topological polar surface area (TPSA) is 63.6 Å². The summed E-state index contributed by atoms with van der Waals surface area (Å²) in [4.78, 5) is 16.5. The number of H-pyrrole nitrogens is 1. The highest BCUT2D eigenvalue weighted by Crippen LogP contribution is 2.30. The number of benzene rings is 1. The van der Waals surface area contributed by atoms with Crippen LogP contribution in [0.1, 0.15) is 0 Å². The standard InChI is InChI=1S/C17H10F4N4O/c18-12-5-10-14(6-9(12)13-3-1-2-4-22-13)25(8-17(19,20)21)16(26)11-7-23-24-15(10)11/h1-7H,8H2,(H,23,24). The van der Waals surface area contributed by atoms with Crippen molar-refractivity contribution in [3.05, 3.63) is 58.9 Å². The number of hydrogen-bond acceptors (Lipinski definition) is 3. The summed E-state index contributed by atoms with van der Waals surface area (Å²) in [5.41, 5.74) is -0.451. The van der Waals surface area contributed by atoms with Gasteiger partial charge in [-0.1, -0.05) is 6.07 Å². The molecule has 3 aromatic heterocycles. The fraction of sp³-hybridized carbons (Fsp3) is 0.118. The number of pyridine rings is 2. The Balaban J connectivity index is 2.12. The predicted molar refractivity (Wildman–Crippen MR) is 87.1 cm³/mol. The van der Waals surface area contributed by atoms with Crippen LogP contribution in [-0.2, 0) is 6.54 Å². The number of aromatic nitrogens is 4. The maximum Gasteiger partial charge on any atom is 0.406 e. The van der Waals surface area contributed by atoms with Gasteiger partial charge in [0, 0.05) is 17.1 Å². The molecule has 0 saturated carbocycles. The van der Waals surface area contributed by atoms with Gasteiger partial charge in [0.15, 0.2) is 0 Å². The van der Waals surface area contributed by atoms with Gasteiger partial charge in [-0.05, 0) is 24.3 Å². The monoisotopic (exact) mass is 362 g/mol. The second-order valence-corrected chi connectivity index (χ2v) is 5.73. The maximum atomic E-state index is 14.6. The Bertz CT molecular complexity index is 1180. The van der Waals surface area contributed by atoms with Crippen molar-refractivity contribution in [1.29, 1.82) is 0 Å². The minimum absolute atomic E-state index is 0.00675. The Labute approximate surface area is 142 Å². The van der Waals surface area contributed by atoms with E-state index in [1.807, 2.05) is 0 Å². The van der Waals surface area contributed by atoms with Crippen molar-refractivity contribution in [2.75, 3.05) is 0 Å². The van der Waals surface area contributed by atoms with Crippen molar-refractivity contribution in [2.24, 2.45) is 0 Å². The van der Waals surface area contributed by atoms with Crippen LogP contribution in [0.15, 0.2) is 47.5 Å². The van der Waals surface area contributed by atoms with Gasteiger partial charge in [-0.15, -0.1) is 0 Å². The van der Waals surface area contributed by atoms with Crippen LogP contribution in [0.25, 0.3) is 33.1 Å². The maximum absolute atomic E-state index is 14.6. The fourth-order valence-electron chi connectivity index (χ4n) is 2.95. The minimum Gasteiger partial charge on any atom is -0.298 e. The van der Waals surface area contributed by atoms with E-state index in [4.69, 9.17) is 0 Å². The Hall–Kier alpha value is -3.23. The first-order valence-corrected chi connectivity index (χ1v) is 7.52. The van der Waals surface area contributed by atoms with Crippen LogP contribution in [0, 0.1) is 5.82 Å². The summed E-state index contributed by atoms with van der Waals surface area (Å²) in [6.45, 7) is -1.49. The molecule has 1 aromatic carbocycles. The van der Waals surface area contributed by atoms with Crippen LogP contribution in [0.4, 0.5) is 17.6 Å². The zero-order chi connectivity index (χ0) is 18.5. The lowest BCUT2D eigenvalue weighted by Crippen LogP contribution is -2.28. The predicted octanol–water partition coefficient (Wildman–Crippen LogP) is 3.64. The first-order chi connectivity index (χ1) is 12.3. The van der Waals surface area contributed by atoms with Crippen molar-refractivity contribution < 1.29 is 17.6 Å². The largest absolute Gasteiger partial charge is 0.406 e. The van der Waals surface area contributed by atoms with Crippen LogP contribution in [-0.4, -0.2) is 25.9 Å². The highest BCUT2D eigenvalue weighted by atomic mass is 19.4. The third-order valence-electron chi connectivity index (χ3n) is 4.04. The molecule has 132 valence electrons. The molecule has 0 aliphatic rings. The number of nitrogens with zero attached hydrogens (tertiary/aromatic N) is 3. The molecule has 1 N–H and O–H groups in total. The third kappa shape index (κ3) is 2.61. The summed E-state index contributed by atoms with van der Waals surface area (Å²) in [5, 5.41) is 6.36. The molecule has 0 bridgehead atoms. The van der Waals surface area contributed by atoms with Gasteiger partial charge in [-0.25, -0.2) is 4.39 Å². The van der Waals surface area contributed by atoms with E-state index in [0.717, 1.165) is 12.3 Å². The third-order valence-corrected chi connectivity index (χ3v) is 4.04. The second-order valence-electron chi connectivity index (χ2n) is 5.73. The number of hydrogen-bond donors (Lipinski definition) is 1. The second kappa shape index (κ2) is 5.65. The van der Waals surface area contributed by atoms with E-state index < -0.39 is 24.1 Å².